The van der Waals surface area contributed by atoms with E-state index in [1.54, 1.807) is 13.8 Å². The number of nitrogens with one attached hydrogen (secondary N) is 1. The van der Waals surface area contributed by atoms with Crippen LogP contribution in [0.1, 0.15) is 25.0 Å². The Bertz CT molecular complexity index is 836. The first-order chi connectivity index (χ1) is 12.6. The molecule has 1 aliphatic heterocycles. The van der Waals surface area contributed by atoms with Gasteiger partial charge in [-0.1, -0.05) is 0 Å². The molecule has 1 aromatic rings. The molecule has 2 atom stereocenters. The van der Waals surface area contributed by atoms with Crippen LogP contribution in [-0.2, 0) is 27.1 Å². The lowest BCUT2D eigenvalue weighted by Gasteiger charge is -2.27. The summed E-state index contributed by atoms with van der Waals surface area (Å²) in [6.07, 6.45) is -11.0. The smallest absolute Gasteiger partial charge is 0.369 e. The van der Waals surface area contributed by atoms with Crippen molar-refractivity contribution in [3.8, 4) is 0 Å². The Kier molecular flexibility index (Phi) is 5.91. The summed E-state index contributed by atoms with van der Waals surface area (Å²) in [5.74, 6) is -0.423. The Morgan fingerprint density at radius 1 is 1.04 bits per heavy atom. The van der Waals surface area contributed by atoms with Gasteiger partial charge in [0.25, 0.3) is 0 Å². The SMILES string of the molecule is C[C@@H]1C[N+](=C(N)NS(=O)(=O)c2cc(C(F)(F)F)cc(C(F)(F)F)c2)C[C@@H](C)O1. The maximum Gasteiger partial charge on any atom is 0.416 e. The molecule has 1 heterocycles. The van der Waals surface area contributed by atoms with Crippen LogP contribution < -0.4 is 10.5 Å². The number of benzene rings is 1. The quantitative estimate of drug-likeness (QED) is 0.425. The van der Waals surface area contributed by atoms with Gasteiger partial charge in [-0.15, -0.1) is 0 Å². The predicted molar refractivity (Wildman–Crippen MR) is 86.0 cm³/mol. The molecule has 1 fully saturated rings. The number of halogens is 6. The van der Waals surface area contributed by atoms with Gasteiger partial charge in [-0.3, -0.25) is 10.3 Å². The number of sulfonamides is 1. The van der Waals surface area contributed by atoms with Gasteiger partial charge in [0.1, 0.15) is 4.90 Å². The van der Waals surface area contributed by atoms with E-state index in [0.717, 1.165) is 0 Å². The molecule has 0 spiro atoms. The molecule has 0 aromatic heterocycles. The summed E-state index contributed by atoms with van der Waals surface area (Å²) in [7, 11) is -4.80. The molecule has 2 rings (SSSR count). The topological polar surface area (TPSA) is 84.4 Å². The van der Waals surface area contributed by atoms with Gasteiger partial charge in [-0.2, -0.15) is 39.5 Å². The molecule has 0 amide bonds. The van der Waals surface area contributed by atoms with Crippen molar-refractivity contribution >= 4 is 16.0 Å². The van der Waals surface area contributed by atoms with Gasteiger partial charge < -0.3 is 4.74 Å². The lowest BCUT2D eigenvalue weighted by atomic mass is 10.1. The molecular weight excluding hydrogens is 416 g/mol. The number of nitrogens with zero attached hydrogens (tertiary/aromatic N) is 1. The Balaban J connectivity index is 2.47. The molecule has 0 unspecified atom stereocenters. The molecule has 1 aromatic carbocycles. The fourth-order valence-corrected chi connectivity index (χ4v) is 3.80. The molecule has 158 valence electrons. The van der Waals surface area contributed by atoms with Crippen LogP contribution in [0.4, 0.5) is 26.3 Å². The maximum absolute atomic E-state index is 12.9. The Labute approximate surface area is 157 Å². The molecule has 13 heteroatoms. The number of ether oxygens (including phenoxy) is 1. The Hall–Kier alpha value is -2.02. The van der Waals surface area contributed by atoms with E-state index in [-0.39, 0.29) is 43.5 Å². The van der Waals surface area contributed by atoms with Gasteiger partial charge in [0.2, 0.25) is 0 Å². The number of alkyl halides is 6. The van der Waals surface area contributed by atoms with E-state index in [9.17, 15) is 34.8 Å². The summed E-state index contributed by atoms with van der Waals surface area (Å²) in [6.45, 7) is 3.78. The summed E-state index contributed by atoms with van der Waals surface area (Å²) in [6, 6.07) is 0.0856. The third-order valence-electron chi connectivity index (χ3n) is 3.87. The second-order valence-electron chi connectivity index (χ2n) is 6.39. The van der Waals surface area contributed by atoms with Crippen LogP contribution in [0.15, 0.2) is 23.1 Å². The summed E-state index contributed by atoms with van der Waals surface area (Å²) in [5.41, 5.74) is 2.21. The number of morpholine rings is 1. The minimum absolute atomic E-state index is 0.120. The highest BCUT2D eigenvalue weighted by atomic mass is 32.2. The van der Waals surface area contributed by atoms with Gasteiger partial charge in [0.15, 0.2) is 0 Å². The van der Waals surface area contributed by atoms with Gasteiger partial charge >= 0.3 is 28.3 Å². The van der Waals surface area contributed by atoms with Crippen molar-refractivity contribution in [2.24, 2.45) is 5.73 Å². The average molecular weight is 434 g/mol. The second-order valence-corrected chi connectivity index (χ2v) is 8.08. The fraction of sp³-hybridized carbons (Fsp3) is 0.533. The number of hydrogen-bond donors (Lipinski definition) is 2. The first kappa shape index (κ1) is 22.3. The summed E-state index contributed by atoms with van der Waals surface area (Å²) < 4.78 is 111. The molecule has 0 radical (unpaired) electrons. The molecule has 0 saturated carbocycles. The highest BCUT2D eigenvalue weighted by molar-refractivity contribution is 7.90. The van der Waals surface area contributed by atoms with Crippen molar-refractivity contribution in [1.82, 2.24) is 4.72 Å². The molecule has 28 heavy (non-hydrogen) atoms. The predicted octanol–water partition coefficient (Wildman–Crippen LogP) is 2.14. The van der Waals surface area contributed by atoms with E-state index in [2.05, 4.69) is 0 Å². The zero-order valence-corrected chi connectivity index (χ0v) is 15.5. The normalized spacial score (nSPS) is 21.5. The van der Waals surface area contributed by atoms with Crippen LogP contribution >= 0.6 is 0 Å². The molecule has 3 N–H and O–H groups in total. The van der Waals surface area contributed by atoms with E-state index in [4.69, 9.17) is 10.5 Å². The molecule has 1 aliphatic rings. The van der Waals surface area contributed by atoms with E-state index >= 15 is 0 Å². The summed E-state index contributed by atoms with van der Waals surface area (Å²) in [5, 5.41) is 0. The lowest BCUT2D eigenvalue weighted by molar-refractivity contribution is -0.568. The standard InChI is InChI=1S/C15H17F6N3O3S/c1-8-6-24(7-9(2)27-8)13(22)23-28(25,26)12-4-10(14(16,17)18)3-11(5-12)15(19,20)21/h3-5,8-9H,6-7H2,1-2H3,(H2,22,23)/p+1/t8-,9-/m1/s1. The van der Waals surface area contributed by atoms with E-state index in [1.807, 2.05) is 4.72 Å². The Morgan fingerprint density at radius 3 is 1.86 bits per heavy atom. The van der Waals surface area contributed by atoms with Crippen molar-refractivity contribution in [1.29, 1.82) is 0 Å². The van der Waals surface area contributed by atoms with E-state index in [0.29, 0.717) is 0 Å². The number of nitrogens with two attached hydrogens (primary N) is 1. The molecule has 1 saturated heterocycles. The number of guanidine groups is 1. The van der Waals surface area contributed by atoms with Crippen LogP contribution in [-0.4, -0.2) is 44.3 Å². The van der Waals surface area contributed by atoms with E-state index < -0.39 is 44.4 Å². The largest absolute Gasteiger partial charge is 0.416 e. The molecular formula is C15H18F6N3O3S+. The van der Waals surface area contributed by atoms with Gasteiger partial charge in [0, 0.05) is 0 Å². The summed E-state index contributed by atoms with van der Waals surface area (Å²) >= 11 is 0. The van der Waals surface area contributed by atoms with Crippen LogP contribution in [0.25, 0.3) is 0 Å². The molecule has 0 aliphatic carbocycles. The van der Waals surface area contributed by atoms with Crippen molar-refractivity contribution < 1.29 is 44.1 Å². The minimum Gasteiger partial charge on any atom is -0.369 e. The minimum atomic E-state index is -5.17. The average Bonchev–Trinajstić information content (AvgIpc) is 2.51. The monoisotopic (exact) mass is 434 g/mol. The molecule has 0 bridgehead atoms. The van der Waals surface area contributed by atoms with Crippen molar-refractivity contribution in [3.63, 3.8) is 0 Å². The van der Waals surface area contributed by atoms with Crippen LogP contribution in [0.2, 0.25) is 0 Å². The highest BCUT2D eigenvalue weighted by Crippen LogP contribution is 2.37. The summed E-state index contributed by atoms with van der Waals surface area (Å²) in [4.78, 5) is -1.20. The van der Waals surface area contributed by atoms with Gasteiger partial charge in [-0.05, 0) is 32.0 Å². The number of rotatable bonds is 2. The van der Waals surface area contributed by atoms with Gasteiger partial charge in [-0.25, -0.2) is 0 Å². The first-order valence-electron chi connectivity index (χ1n) is 7.94. The first-order valence-corrected chi connectivity index (χ1v) is 9.43. The Morgan fingerprint density at radius 2 is 1.46 bits per heavy atom. The van der Waals surface area contributed by atoms with Crippen molar-refractivity contribution in [3.05, 3.63) is 29.3 Å². The zero-order valence-electron chi connectivity index (χ0n) is 14.7. The lowest BCUT2D eigenvalue weighted by Crippen LogP contribution is -2.50. The van der Waals surface area contributed by atoms with Crippen LogP contribution in [0.3, 0.4) is 0 Å². The third kappa shape index (κ3) is 5.28. The van der Waals surface area contributed by atoms with E-state index in [1.165, 1.54) is 4.58 Å². The van der Waals surface area contributed by atoms with Crippen LogP contribution in [0, 0.1) is 0 Å². The zero-order chi connectivity index (χ0) is 21.5. The highest BCUT2D eigenvalue weighted by Gasteiger charge is 2.39. The van der Waals surface area contributed by atoms with Gasteiger partial charge in [0.05, 0.1) is 36.4 Å². The fourth-order valence-electron chi connectivity index (χ4n) is 2.72. The van der Waals surface area contributed by atoms with Crippen LogP contribution in [0.5, 0.6) is 0 Å². The maximum atomic E-state index is 12.9. The third-order valence-corrected chi connectivity index (χ3v) is 5.20. The molecule has 6 nitrogen and oxygen atoms in total. The second kappa shape index (κ2) is 7.43. The number of hydrogen-bond acceptors (Lipinski definition) is 3. The van der Waals surface area contributed by atoms with Crippen molar-refractivity contribution in [2.45, 2.75) is 43.3 Å². The van der Waals surface area contributed by atoms with Crippen molar-refractivity contribution in [2.75, 3.05) is 13.1 Å².